The molecule has 0 fully saturated rings. The van der Waals surface area contributed by atoms with Crippen LogP contribution in [0, 0.1) is 0 Å². The predicted octanol–water partition coefficient (Wildman–Crippen LogP) is 4.37. The highest BCUT2D eigenvalue weighted by atomic mass is 79.9. The number of aryl methyl sites for hydroxylation is 1. The SMILES string of the molecule is Cn1c2ccccc2c2cc[n+](-c3ccc(Br)cc3)cc21. The number of hydrogen-bond donors (Lipinski definition) is 0. The van der Waals surface area contributed by atoms with Crippen LogP contribution in [0.15, 0.2) is 71.5 Å². The number of fused-ring (bicyclic) bond motifs is 3. The molecule has 4 rings (SSSR count). The maximum Gasteiger partial charge on any atom is 0.210 e. The van der Waals surface area contributed by atoms with Crippen molar-refractivity contribution in [1.82, 2.24) is 4.57 Å². The van der Waals surface area contributed by atoms with Gasteiger partial charge >= 0.3 is 0 Å². The second kappa shape index (κ2) is 4.71. The Hall–Kier alpha value is -2.13. The molecule has 0 amide bonds. The van der Waals surface area contributed by atoms with E-state index in [0.717, 1.165) is 10.2 Å². The normalized spacial score (nSPS) is 11.3. The zero-order valence-corrected chi connectivity index (χ0v) is 13.2. The van der Waals surface area contributed by atoms with Gasteiger partial charge in [0.2, 0.25) is 5.69 Å². The summed E-state index contributed by atoms with van der Waals surface area (Å²) in [5.41, 5.74) is 3.66. The topological polar surface area (TPSA) is 8.81 Å². The van der Waals surface area contributed by atoms with Gasteiger partial charge in [0.05, 0.1) is 0 Å². The largest absolute Gasteiger partial charge is 0.339 e. The number of benzene rings is 2. The standard InChI is InChI=1S/C18H14BrN2/c1-20-17-5-3-2-4-15(17)16-10-11-21(12-18(16)20)14-8-6-13(19)7-9-14/h2-12H,1H3/q+1. The van der Waals surface area contributed by atoms with E-state index in [1.807, 2.05) is 0 Å². The summed E-state index contributed by atoms with van der Waals surface area (Å²) in [5, 5.41) is 2.60. The molecule has 102 valence electrons. The molecule has 2 aromatic heterocycles. The minimum absolute atomic E-state index is 1.09. The van der Waals surface area contributed by atoms with E-state index in [2.05, 4.69) is 99.1 Å². The lowest BCUT2D eigenvalue weighted by molar-refractivity contribution is -0.594. The summed E-state index contributed by atoms with van der Waals surface area (Å²) in [6, 6.07) is 19.1. The van der Waals surface area contributed by atoms with Crippen molar-refractivity contribution in [2.75, 3.05) is 0 Å². The third-order valence-corrected chi connectivity index (χ3v) is 4.51. The summed E-state index contributed by atoms with van der Waals surface area (Å²) in [4.78, 5) is 0. The molecular formula is C18H14BrN2+. The van der Waals surface area contributed by atoms with Gasteiger partial charge in [0, 0.05) is 46.0 Å². The molecule has 2 heterocycles. The van der Waals surface area contributed by atoms with Gasteiger partial charge in [0.25, 0.3) is 0 Å². The number of hydrogen-bond acceptors (Lipinski definition) is 0. The van der Waals surface area contributed by atoms with E-state index in [1.165, 1.54) is 21.8 Å². The van der Waals surface area contributed by atoms with E-state index in [1.54, 1.807) is 0 Å². The van der Waals surface area contributed by atoms with E-state index in [0.29, 0.717) is 0 Å². The van der Waals surface area contributed by atoms with Gasteiger partial charge in [-0.2, -0.15) is 4.57 Å². The van der Waals surface area contributed by atoms with Crippen molar-refractivity contribution in [3.05, 3.63) is 71.5 Å². The van der Waals surface area contributed by atoms with E-state index in [9.17, 15) is 0 Å². The van der Waals surface area contributed by atoms with Crippen molar-refractivity contribution >= 4 is 37.7 Å². The molecule has 4 aromatic rings. The lowest BCUT2D eigenvalue weighted by Crippen LogP contribution is -2.29. The average molecular weight is 338 g/mol. The van der Waals surface area contributed by atoms with Crippen molar-refractivity contribution in [3.63, 3.8) is 0 Å². The lowest BCUT2D eigenvalue weighted by Gasteiger charge is -1.98. The van der Waals surface area contributed by atoms with Crippen molar-refractivity contribution in [2.45, 2.75) is 0 Å². The molecule has 0 saturated carbocycles. The average Bonchev–Trinajstić information content (AvgIpc) is 2.81. The highest BCUT2D eigenvalue weighted by Crippen LogP contribution is 2.26. The zero-order chi connectivity index (χ0) is 14.4. The van der Waals surface area contributed by atoms with Crippen molar-refractivity contribution < 1.29 is 4.57 Å². The van der Waals surface area contributed by atoms with Crippen LogP contribution in [0.1, 0.15) is 0 Å². The third kappa shape index (κ3) is 1.96. The van der Waals surface area contributed by atoms with Crippen LogP contribution in [0.3, 0.4) is 0 Å². The van der Waals surface area contributed by atoms with Gasteiger partial charge in [-0.1, -0.05) is 34.1 Å². The number of pyridine rings is 1. The molecule has 0 radical (unpaired) electrons. The Morgan fingerprint density at radius 2 is 1.57 bits per heavy atom. The molecule has 0 atom stereocenters. The molecule has 2 nitrogen and oxygen atoms in total. The highest BCUT2D eigenvalue weighted by Gasteiger charge is 2.13. The van der Waals surface area contributed by atoms with Crippen LogP contribution in [0.2, 0.25) is 0 Å². The van der Waals surface area contributed by atoms with Crippen LogP contribution < -0.4 is 4.57 Å². The minimum Gasteiger partial charge on any atom is -0.339 e. The minimum atomic E-state index is 1.09. The Morgan fingerprint density at radius 3 is 2.38 bits per heavy atom. The van der Waals surface area contributed by atoms with Gasteiger partial charge in [0.1, 0.15) is 5.52 Å². The molecule has 0 aliphatic rings. The first kappa shape index (κ1) is 12.6. The molecule has 3 heteroatoms. The fraction of sp³-hybridized carbons (Fsp3) is 0.0556. The van der Waals surface area contributed by atoms with E-state index >= 15 is 0 Å². The summed E-state index contributed by atoms with van der Waals surface area (Å²) in [6.07, 6.45) is 4.32. The van der Waals surface area contributed by atoms with Gasteiger partial charge in [0.15, 0.2) is 12.4 Å². The smallest absolute Gasteiger partial charge is 0.210 e. The Kier molecular flexibility index (Phi) is 2.82. The number of aromatic nitrogens is 2. The molecule has 0 N–H and O–H groups in total. The van der Waals surface area contributed by atoms with Gasteiger partial charge in [-0.05, 0) is 18.2 Å². The summed E-state index contributed by atoms with van der Waals surface area (Å²) in [5.74, 6) is 0. The van der Waals surface area contributed by atoms with Crippen molar-refractivity contribution in [2.24, 2.45) is 7.05 Å². The molecule has 21 heavy (non-hydrogen) atoms. The van der Waals surface area contributed by atoms with E-state index in [4.69, 9.17) is 0 Å². The lowest BCUT2D eigenvalue weighted by atomic mass is 10.2. The Balaban J connectivity index is 2.00. The number of para-hydroxylation sites is 1. The fourth-order valence-electron chi connectivity index (χ4n) is 2.88. The van der Waals surface area contributed by atoms with Crippen LogP contribution in [0.5, 0.6) is 0 Å². The quantitative estimate of drug-likeness (QED) is 0.456. The number of rotatable bonds is 1. The Bertz CT molecular complexity index is 952. The van der Waals surface area contributed by atoms with Crippen LogP contribution in [0.4, 0.5) is 0 Å². The number of nitrogens with zero attached hydrogens (tertiary/aromatic N) is 2. The van der Waals surface area contributed by atoms with Crippen LogP contribution in [-0.4, -0.2) is 4.57 Å². The first-order valence-electron chi connectivity index (χ1n) is 6.88. The third-order valence-electron chi connectivity index (χ3n) is 3.98. The first-order valence-corrected chi connectivity index (χ1v) is 7.68. The second-order valence-electron chi connectivity index (χ2n) is 5.20. The maximum atomic E-state index is 3.48. The molecule has 0 unspecified atom stereocenters. The monoisotopic (exact) mass is 337 g/mol. The van der Waals surface area contributed by atoms with E-state index in [-0.39, 0.29) is 0 Å². The maximum absolute atomic E-state index is 3.48. The van der Waals surface area contributed by atoms with Gasteiger partial charge < -0.3 is 4.57 Å². The summed E-state index contributed by atoms with van der Waals surface area (Å²) < 4.78 is 5.51. The predicted molar refractivity (Wildman–Crippen MR) is 89.7 cm³/mol. The van der Waals surface area contributed by atoms with Gasteiger partial charge in [-0.25, -0.2) is 0 Å². The van der Waals surface area contributed by atoms with Crippen LogP contribution in [-0.2, 0) is 7.05 Å². The highest BCUT2D eigenvalue weighted by molar-refractivity contribution is 9.10. The Labute approximate surface area is 131 Å². The summed E-state index contributed by atoms with van der Waals surface area (Å²) in [6.45, 7) is 0. The van der Waals surface area contributed by atoms with Gasteiger partial charge in [-0.15, -0.1) is 0 Å². The summed E-state index contributed by atoms with van der Waals surface area (Å²) >= 11 is 3.48. The molecule has 2 aromatic carbocycles. The zero-order valence-electron chi connectivity index (χ0n) is 11.6. The first-order chi connectivity index (χ1) is 10.2. The summed E-state index contributed by atoms with van der Waals surface area (Å²) in [7, 11) is 2.12. The molecule has 0 aliphatic carbocycles. The van der Waals surface area contributed by atoms with E-state index < -0.39 is 0 Å². The van der Waals surface area contributed by atoms with Crippen LogP contribution >= 0.6 is 15.9 Å². The Morgan fingerprint density at radius 1 is 0.857 bits per heavy atom. The van der Waals surface area contributed by atoms with Crippen molar-refractivity contribution in [3.8, 4) is 5.69 Å². The van der Waals surface area contributed by atoms with Gasteiger partial charge in [-0.3, -0.25) is 0 Å². The molecule has 0 aliphatic heterocycles. The molecule has 0 saturated heterocycles. The number of halogens is 1. The molecular weight excluding hydrogens is 324 g/mol. The molecule has 0 bridgehead atoms. The fourth-order valence-corrected chi connectivity index (χ4v) is 3.14. The molecule has 0 spiro atoms. The van der Waals surface area contributed by atoms with Crippen molar-refractivity contribution in [1.29, 1.82) is 0 Å². The van der Waals surface area contributed by atoms with Crippen LogP contribution in [0.25, 0.3) is 27.5 Å². The second-order valence-corrected chi connectivity index (χ2v) is 6.12.